The van der Waals surface area contributed by atoms with Crippen LogP contribution in [-0.4, -0.2) is 203 Å². The fraction of sp³-hybridized carbons (Fsp3) is 0.859. The van der Waals surface area contributed by atoms with Crippen molar-refractivity contribution in [2.45, 2.75) is 322 Å². The molecule has 0 bridgehead atoms. The minimum atomic E-state index is -1.17. The van der Waals surface area contributed by atoms with Gasteiger partial charge < -0.3 is 85.9 Å². The predicted octanol–water partition coefficient (Wildman–Crippen LogP) is 15.7. The SMILES string of the molecule is CC(=O)OCC1O[C@@H](OCCCCCCO)C(C)[C@@H](C)[C@H]1C.CC(=O)OCC1O[C@@H](OCCCCCCO)C(C)[C@@H](C)[C@H]1C.CC(=O)OCC1O[C@@H](OCCCCCCOP(OCCC#N)N(C(C)C)C(C)C)C(C)[C@@H](C)[C@H]1C.CC(=O)OCC1O[C@H]2OC(C)=N[C@H]2C(C)[C@H]1C.OCCCCCCOCc1ccccc1. The third-order valence-electron chi connectivity index (χ3n) is 22.1. The van der Waals surface area contributed by atoms with E-state index in [1.807, 2.05) is 25.1 Å². The van der Waals surface area contributed by atoms with Crippen molar-refractivity contribution in [3.63, 3.8) is 0 Å². The summed E-state index contributed by atoms with van der Waals surface area (Å²) in [7, 11) is -1.17. The quantitative estimate of drug-likeness (QED) is 0.0236. The van der Waals surface area contributed by atoms with Crippen LogP contribution in [0.2, 0.25) is 0 Å². The molecule has 1 aromatic carbocycles. The van der Waals surface area contributed by atoms with E-state index >= 15 is 0 Å². The lowest BCUT2D eigenvalue weighted by Crippen LogP contribution is -2.49. The third-order valence-corrected chi connectivity index (χ3v) is 24.2. The first-order chi connectivity index (χ1) is 52.9. The molecule has 5 aliphatic rings. The maximum absolute atomic E-state index is 11.2. The van der Waals surface area contributed by atoms with Gasteiger partial charge in [-0.25, -0.2) is 9.66 Å². The fourth-order valence-corrected chi connectivity index (χ4v) is 15.4. The van der Waals surface area contributed by atoms with Gasteiger partial charge in [0.15, 0.2) is 24.8 Å². The second-order valence-electron chi connectivity index (χ2n) is 31.4. The molecule has 0 amide bonds. The van der Waals surface area contributed by atoms with E-state index in [9.17, 15) is 19.2 Å². The van der Waals surface area contributed by atoms with E-state index in [1.165, 1.54) is 33.3 Å². The first-order valence-electron chi connectivity index (χ1n) is 41.8. The van der Waals surface area contributed by atoms with Gasteiger partial charge in [-0.1, -0.05) is 158 Å². The molecule has 0 radical (unpaired) electrons. The molecule has 5 heterocycles. The Kier molecular flexibility index (Phi) is 56.1. The standard InChI is InChI=1S/C26H49N2O6P.2C17H32O5.C13H20O2.C12H19NO4/c1-19(2)28(20(3)4)35(33-17-13-14-27)32-16-12-10-9-11-15-30-26-23(7)21(5)22(6)25(34-26)18-31-24(8)29;2*1-12-13(2)16(11-21-15(4)19)22-17(14(12)3)20-10-8-6-5-7-9-18;14-10-6-1-2-7-11-15-12-13-8-4-3-5-9-13;1-6-7(2)11-12(16-8(3)13-11)17-10(6)5-15-9(4)14/h19-23,25-26H,9-13,15-18H2,1-8H3;2*12-14,16-18H,5-11H2,1-4H3;3-5,8-9,14H,1-2,6-7,10-12H2;6-7,10-12H,5H2,1-4H3/t21-,22+,23?,25?,26+,35?;2*12-,13+,14?,16?,17+;;6-,7?,10?,11+,12-/m000.1/s1. The number of unbranched alkanes of at least 4 members (excludes halogenated alkanes) is 12. The van der Waals surface area contributed by atoms with Crippen LogP contribution in [-0.2, 0) is 96.4 Å². The second-order valence-corrected chi connectivity index (χ2v) is 32.9. The lowest BCUT2D eigenvalue weighted by molar-refractivity contribution is -0.255. The highest BCUT2D eigenvalue weighted by Crippen LogP contribution is 2.46. The summed E-state index contributed by atoms with van der Waals surface area (Å²) in [6, 6.07) is 13.0. The molecule has 21 atom stereocenters. The van der Waals surface area contributed by atoms with Gasteiger partial charge in [-0.3, -0.25) is 19.2 Å². The smallest absolute Gasteiger partial charge is 0.302 e. The molecule has 0 aromatic heterocycles. The molecule has 26 heteroatoms. The summed E-state index contributed by atoms with van der Waals surface area (Å²) in [6.45, 7) is 46.4. The largest absolute Gasteiger partial charge is 0.463 e. The molecular weight excluding hydrogens is 1450 g/mol. The number of nitriles is 1. The molecule has 0 saturated carbocycles. The number of carbonyl (C=O) groups is 4. The highest BCUT2D eigenvalue weighted by Gasteiger charge is 2.47. The summed E-state index contributed by atoms with van der Waals surface area (Å²) in [5, 5.41) is 34.9. The predicted molar refractivity (Wildman–Crippen MR) is 430 cm³/mol. The minimum Gasteiger partial charge on any atom is -0.463 e. The highest BCUT2D eigenvalue weighted by molar-refractivity contribution is 7.44. The number of aliphatic hydroxyl groups is 3. The van der Waals surface area contributed by atoms with Gasteiger partial charge >= 0.3 is 23.9 Å². The zero-order chi connectivity index (χ0) is 82.8. The maximum Gasteiger partial charge on any atom is 0.302 e. The minimum absolute atomic E-state index is 0.0681. The van der Waals surface area contributed by atoms with Crippen molar-refractivity contribution in [3.05, 3.63) is 35.9 Å². The molecule has 3 N–H and O–H groups in total. The summed E-state index contributed by atoms with van der Waals surface area (Å²) < 4.78 is 87.7. The molecule has 644 valence electrons. The average molecular weight is 1600 g/mol. The number of aliphatic imine (C=N–C) groups is 1. The van der Waals surface area contributed by atoms with Crippen LogP contribution in [0, 0.1) is 76.4 Å². The molecule has 111 heavy (non-hydrogen) atoms. The van der Waals surface area contributed by atoms with Gasteiger partial charge in [0.2, 0.25) is 6.29 Å². The first kappa shape index (κ1) is 103. The van der Waals surface area contributed by atoms with Crippen molar-refractivity contribution in [1.29, 1.82) is 5.26 Å². The number of nitrogens with zero attached hydrogens (tertiary/aromatic N) is 3. The summed E-state index contributed by atoms with van der Waals surface area (Å²) >= 11 is 0. The number of benzene rings is 1. The first-order valence-corrected chi connectivity index (χ1v) is 43.0. The van der Waals surface area contributed by atoms with Crippen LogP contribution in [0.3, 0.4) is 0 Å². The topological polar surface area (TPSA) is 307 Å². The van der Waals surface area contributed by atoms with Crippen molar-refractivity contribution in [2.75, 3.05) is 85.9 Å². The summed E-state index contributed by atoms with van der Waals surface area (Å²) in [4.78, 5) is 48.4. The normalized spacial score (nSPS) is 28.4. The Morgan fingerprint density at radius 3 is 1.14 bits per heavy atom. The van der Waals surface area contributed by atoms with E-state index in [0.717, 1.165) is 109 Å². The number of carbonyl (C=O) groups excluding carboxylic acids is 4. The van der Waals surface area contributed by atoms with E-state index in [-0.39, 0.29) is 118 Å². The summed E-state index contributed by atoms with van der Waals surface area (Å²) in [5.74, 6) is 3.43. The Morgan fingerprint density at radius 2 is 0.784 bits per heavy atom. The fourth-order valence-electron chi connectivity index (χ4n) is 13.7. The van der Waals surface area contributed by atoms with E-state index in [1.54, 1.807) is 0 Å². The van der Waals surface area contributed by atoms with Crippen molar-refractivity contribution < 1.29 is 105 Å². The van der Waals surface area contributed by atoms with E-state index in [2.05, 4.69) is 132 Å². The zero-order valence-electron chi connectivity index (χ0n) is 71.9. The van der Waals surface area contributed by atoms with Gasteiger partial charge in [0.25, 0.3) is 8.53 Å². The van der Waals surface area contributed by atoms with Gasteiger partial charge in [-0.05, 0) is 132 Å². The monoisotopic (exact) mass is 1600 g/mol. The number of aliphatic hydroxyl groups excluding tert-OH is 3. The van der Waals surface area contributed by atoms with Gasteiger partial charge in [-0.2, -0.15) is 5.26 Å². The highest BCUT2D eigenvalue weighted by atomic mass is 31.2. The second kappa shape index (κ2) is 60.4. The number of esters is 4. The van der Waals surface area contributed by atoms with Crippen molar-refractivity contribution in [2.24, 2.45) is 70.1 Å². The van der Waals surface area contributed by atoms with Crippen LogP contribution in [0.25, 0.3) is 0 Å². The molecule has 1 aromatic rings. The third kappa shape index (κ3) is 42.1. The molecule has 4 saturated heterocycles. The Bertz CT molecular complexity index is 2580. The molecule has 0 spiro atoms. The van der Waals surface area contributed by atoms with Gasteiger partial charge in [0.1, 0.15) is 32.5 Å². The number of hydrogen-bond acceptors (Lipinski definition) is 25. The van der Waals surface area contributed by atoms with Gasteiger partial charge in [0, 0.05) is 111 Å². The van der Waals surface area contributed by atoms with Crippen LogP contribution < -0.4 is 0 Å². The number of fused-ring (bicyclic) bond motifs is 1. The van der Waals surface area contributed by atoms with E-state index < -0.39 is 8.53 Å². The van der Waals surface area contributed by atoms with Crippen LogP contribution in [0.5, 0.6) is 0 Å². The number of ether oxygens (including phenoxy) is 13. The van der Waals surface area contributed by atoms with E-state index in [4.69, 9.17) is 91.2 Å². The maximum atomic E-state index is 11.2. The number of hydrogen-bond donors (Lipinski definition) is 3. The zero-order valence-corrected chi connectivity index (χ0v) is 72.8. The van der Waals surface area contributed by atoms with Crippen LogP contribution in [0.4, 0.5) is 0 Å². The van der Waals surface area contributed by atoms with Crippen molar-refractivity contribution in [1.82, 2.24) is 4.67 Å². The molecule has 9 unspecified atom stereocenters. The van der Waals surface area contributed by atoms with Gasteiger partial charge in [-0.15, -0.1) is 0 Å². The Morgan fingerprint density at radius 1 is 0.450 bits per heavy atom. The number of rotatable bonds is 45. The van der Waals surface area contributed by atoms with E-state index in [0.29, 0.717) is 137 Å². The average Bonchev–Trinajstić information content (AvgIpc) is 0.887. The van der Waals surface area contributed by atoms with Gasteiger partial charge in [0.05, 0.1) is 56.7 Å². The van der Waals surface area contributed by atoms with Crippen LogP contribution >= 0.6 is 8.53 Å². The summed E-state index contributed by atoms with van der Waals surface area (Å²) in [6.07, 6.45) is 15.0. The Hall–Kier alpha value is -4.07. The Labute approximate surface area is 670 Å². The lowest BCUT2D eigenvalue weighted by atomic mass is 9.79. The molecule has 4 fully saturated rings. The Balaban J connectivity index is 0.000000486. The van der Waals surface area contributed by atoms with Crippen molar-refractivity contribution in [3.8, 4) is 6.07 Å². The molecule has 6 rings (SSSR count). The molecule has 5 aliphatic heterocycles. The van der Waals surface area contributed by atoms with Crippen LogP contribution in [0.15, 0.2) is 35.3 Å². The van der Waals surface area contributed by atoms with Crippen LogP contribution in [0.1, 0.15) is 253 Å². The summed E-state index contributed by atoms with van der Waals surface area (Å²) in [5.41, 5.74) is 1.23. The molecule has 25 nitrogen and oxygen atoms in total. The lowest BCUT2D eigenvalue weighted by Gasteiger charge is -2.43. The molecule has 0 aliphatic carbocycles. The molecular formula is C85H152N3O22P. The van der Waals surface area contributed by atoms with Crippen molar-refractivity contribution >= 4 is 38.3 Å².